The van der Waals surface area contributed by atoms with Crippen molar-refractivity contribution >= 4 is 0 Å². The molecule has 0 bridgehead atoms. The Balaban J connectivity index is 1.98. The Morgan fingerprint density at radius 2 is 2.00 bits per heavy atom. The summed E-state index contributed by atoms with van der Waals surface area (Å²) in [7, 11) is 1.65. The Labute approximate surface area is 109 Å². The van der Waals surface area contributed by atoms with Gasteiger partial charge in [0.05, 0.1) is 11.7 Å². The maximum Gasteiger partial charge on any atom is 0.0950 e. The monoisotopic (exact) mass is 249 g/mol. The fourth-order valence-electron chi connectivity index (χ4n) is 2.31. The number of aliphatic hydroxyl groups is 1. The van der Waals surface area contributed by atoms with Gasteiger partial charge in [-0.05, 0) is 31.4 Å². The predicted octanol–water partition coefficient (Wildman–Crippen LogP) is 1.83. The Kier molecular flexibility index (Phi) is 4.05. The van der Waals surface area contributed by atoms with Crippen LogP contribution in [0.15, 0.2) is 24.3 Å². The maximum absolute atomic E-state index is 10.2. The van der Waals surface area contributed by atoms with Gasteiger partial charge in [0.15, 0.2) is 0 Å². The highest BCUT2D eigenvalue weighted by Gasteiger charge is 2.29. The van der Waals surface area contributed by atoms with E-state index >= 15 is 0 Å². The zero-order chi connectivity index (χ0) is 13.2. The zero-order valence-electron chi connectivity index (χ0n) is 11.5. The van der Waals surface area contributed by atoms with Crippen LogP contribution < -0.4 is 0 Å². The average Bonchev–Trinajstić information content (AvgIpc) is 2.38. The smallest absolute Gasteiger partial charge is 0.0950 e. The van der Waals surface area contributed by atoms with Crippen molar-refractivity contribution in [3.8, 4) is 0 Å². The van der Waals surface area contributed by atoms with E-state index in [1.807, 2.05) is 13.8 Å². The van der Waals surface area contributed by atoms with Gasteiger partial charge < -0.3 is 9.84 Å². The highest BCUT2D eigenvalue weighted by molar-refractivity contribution is 5.29. The standard InChI is InChI=1S/C15H23NO2/c1-15(2,18-3)14(17)11-16-9-8-12-6-4-5-7-13(12)10-16/h4-7,14,17H,8-11H2,1-3H3. The van der Waals surface area contributed by atoms with Crippen LogP contribution in [-0.4, -0.2) is 41.9 Å². The molecule has 0 fully saturated rings. The molecule has 0 aromatic heterocycles. The van der Waals surface area contributed by atoms with Crippen LogP contribution in [0.3, 0.4) is 0 Å². The third-order valence-electron chi connectivity index (χ3n) is 3.97. The van der Waals surface area contributed by atoms with Crippen molar-refractivity contribution in [2.24, 2.45) is 0 Å². The lowest BCUT2D eigenvalue weighted by molar-refractivity contribution is -0.0887. The third-order valence-corrected chi connectivity index (χ3v) is 3.97. The lowest BCUT2D eigenvalue weighted by Gasteiger charge is -2.35. The minimum absolute atomic E-state index is 0.465. The van der Waals surface area contributed by atoms with Gasteiger partial charge in [0.2, 0.25) is 0 Å². The molecule has 0 aliphatic carbocycles. The summed E-state index contributed by atoms with van der Waals surface area (Å²) in [5.74, 6) is 0. The van der Waals surface area contributed by atoms with Crippen molar-refractivity contribution in [3.05, 3.63) is 35.4 Å². The van der Waals surface area contributed by atoms with Gasteiger partial charge in [-0.3, -0.25) is 4.90 Å². The van der Waals surface area contributed by atoms with E-state index in [1.165, 1.54) is 11.1 Å². The van der Waals surface area contributed by atoms with E-state index in [1.54, 1.807) is 7.11 Å². The van der Waals surface area contributed by atoms with E-state index in [0.29, 0.717) is 6.54 Å². The Morgan fingerprint density at radius 1 is 1.33 bits per heavy atom. The average molecular weight is 249 g/mol. The fourth-order valence-corrected chi connectivity index (χ4v) is 2.31. The number of hydrogen-bond acceptors (Lipinski definition) is 3. The molecule has 0 saturated heterocycles. The largest absolute Gasteiger partial charge is 0.389 e. The molecule has 2 rings (SSSR count). The van der Waals surface area contributed by atoms with Crippen LogP contribution in [0.1, 0.15) is 25.0 Å². The van der Waals surface area contributed by atoms with Gasteiger partial charge in [-0.2, -0.15) is 0 Å². The van der Waals surface area contributed by atoms with Crippen molar-refractivity contribution in [2.45, 2.75) is 38.5 Å². The molecule has 0 spiro atoms. The van der Waals surface area contributed by atoms with E-state index in [-0.39, 0.29) is 0 Å². The number of nitrogens with zero attached hydrogens (tertiary/aromatic N) is 1. The van der Waals surface area contributed by atoms with Gasteiger partial charge in [0.25, 0.3) is 0 Å². The van der Waals surface area contributed by atoms with Crippen molar-refractivity contribution in [2.75, 3.05) is 20.2 Å². The number of β-amino-alcohol motifs (C(OH)–C–C–N with tert-alkyl or cyclic N) is 1. The first kappa shape index (κ1) is 13.5. The van der Waals surface area contributed by atoms with Crippen LogP contribution in [0.4, 0.5) is 0 Å². The van der Waals surface area contributed by atoms with E-state index in [4.69, 9.17) is 4.74 Å². The van der Waals surface area contributed by atoms with Gasteiger partial charge in [-0.15, -0.1) is 0 Å². The molecule has 3 heteroatoms. The minimum atomic E-state index is -0.489. The summed E-state index contributed by atoms with van der Waals surface area (Å²) in [5.41, 5.74) is 2.33. The van der Waals surface area contributed by atoms with Crippen molar-refractivity contribution < 1.29 is 9.84 Å². The fraction of sp³-hybridized carbons (Fsp3) is 0.600. The van der Waals surface area contributed by atoms with Crippen molar-refractivity contribution in [1.29, 1.82) is 0 Å². The lowest BCUT2D eigenvalue weighted by atomic mass is 9.97. The molecule has 0 saturated carbocycles. The van der Waals surface area contributed by atoms with Crippen molar-refractivity contribution in [3.63, 3.8) is 0 Å². The summed E-state index contributed by atoms with van der Waals surface area (Å²) in [4.78, 5) is 2.30. The highest BCUT2D eigenvalue weighted by atomic mass is 16.5. The molecule has 0 radical (unpaired) electrons. The molecule has 18 heavy (non-hydrogen) atoms. The van der Waals surface area contributed by atoms with E-state index in [2.05, 4.69) is 29.2 Å². The number of hydrogen-bond donors (Lipinski definition) is 1. The molecule has 1 heterocycles. The van der Waals surface area contributed by atoms with Gasteiger partial charge in [0, 0.05) is 26.7 Å². The molecule has 1 aliphatic rings. The molecule has 1 N–H and O–H groups in total. The van der Waals surface area contributed by atoms with Crippen LogP contribution in [0.5, 0.6) is 0 Å². The van der Waals surface area contributed by atoms with Crippen LogP contribution in [0.2, 0.25) is 0 Å². The number of benzene rings is 1. The summed E-state index contributed by atoms with van der Waals surface area (Å²) >= 11 is 0. The van der Waals surface area contributed by atoms with Crippen LogP contribution in [0.25, 0.3) is 0 Å². The van der Waals surface area contributed by atoms with E-state index < -0.39 is 11.7 Å². The second-order valence-electron chi connectivity index (χ2n) is 5.58. The molecule has 1 atom stereocenters. The Morgan fingerprint density at radius 3 is 2.67 bits per heavy atom. The minimum Gasteiger partial charge on any atom is -0.389 e. The highest BCUT2D eigenvalue weighted by Crippen LogP contribution is 2.21. The van der Waals surface area contributed by atoms with Gasteiger partial charge in [-0.25, -0.2) is 0 Å². The number of rotatable bonds is 4. The normalized spacial score (nSPS) is 18.4. The van der Waals surface area contributed by atoms with E-state index in [0.717, 1.165) is 19.5 Å². The maximum atomic E-state index is 10.2. The summed E-state index contributed by atoms with van der Waals surface area (Å²) in [6.07, 6.45) is 0.601. The number of fused-ring (bicyclic) bond motifs is 1. The van der Waals surface area contributed by atoms with Crippen molar-refractivity contribution in [1.82, 2.24) is 4.90 Å². The summed E-state index contributed by atoms with van der Waals surface area (Å²) in [5, 5.41) is 10.2. The Hall–Kier alpha value is -0.900. The quantitative estimate of drug-likeness (QED) is 0.883. The summed E-state index contributed by atoms with van der Waals surface area (Å²) in [6, 6.07) is 8.55. The molecule has 1 aliphatic heterocycles. The van der Waals surface area contributed by atoms with E-state index in [9.17, 15) is 5.11 Å². The van der Waals surface area contributed by atoms with Gasteiger partial charge in [-0.1, -0.05) is 24.3 Å². The van der Waals surface area contributed by atoms with Crippen LogP contribution in [-0.2, 0) is 17.7 Å². The molecule has 1 aromatic rings. The van der Waals surface area contributed by atoms with Gasteiger partial charge in [0.1, 0.15) is 0 Å². The number of aliphatic hydroxyl groups excluding tert-OH is 1. The molecule has 100 valence electrons. The SMILES string of the molecule is COC(C)(C)C(O)CN1CCc2ccccc2C1. The lowest BCUT2D eigenvalue weighted by Crippen LogP contribution is -2.47. The number of ether oxygens (including phenoxy) is 1. The molecule has 3 nitrogen and oxygen atoms in total. The predicted molar refractivity (Wildman–Crippen MR) is 72.5 cm³/mol. The molecule has 0 amide bonds. The second-order valence-corrected chi connectivity index (χ2v) is 5.58. The Bertz CT molecular complexity index is 403. The molecule has 1 aromatic carbocycles. The third kappa shape index (κ3) is 2.91. The zero-order valence-corrected chi connectivity index (χ0v) is 11.5. The summed E-state index contributed by atoms with van der Waals surface area (Å²) < 4.78 is 5.33. The first-order valence-corrected chi connectivity index (χ1v) is 6.55. The van der Waals surface area contributed by atoms with Crippen LogP contribution in [0, 0.1) is 0 Å². The second kappa shape index (κ2) is 5.39. The molecular weight excluding hydrogens is 226 g/mol. The summed E-state index contributed by atoms with van der Waals surface area (Å²) in [6.45, 7) is 6.45. The molecule has 1 unspecified atom stereocenters. The van der Waals surface area contributed by atoms with Gasteiger partial charge >= 0.3 is 0 Å². The van der Waals surface area contributed by atoms with Crippen LogP contribution >= 0.6 is 0 Å². The topological polar surface area (TPSA) is 32.7 Å². The number of methoxy groups -OCH3 is 1. The first-order chi connectivity index (χ1) is 8.53. The first-order valence-electron chi connectivity index (χ1n) is 6.55. The molecular formula is C15H23NO2.